The number of carbonyl (C=O) groups is 1. The second-order valence-corrected chi connectivity index (χ2v) is 8.08. The molecule has 0 aliphatic carbocycles. The maximum absolute atomic E-state index is 11.7. The van der Waals surface area contributed by atoms with Gasteiger partial charge in [0.15, 0.2) is 11.5 Å². The molecular weight excluding hydrogens is 362 g/mol. The third kappa shape index (κ3) is 11.6. The second-order valence-electron chi connectivity index (χ2n) is 8.08. The van der Waals surface area contributed by atoms with Gasteiger partial charge in [0.1, 0.15) is 0 Å². The van der Waals surface area contributed by atoms with Crippen LogP contribution in [0.5, 0.6) is 11.5 Å². The average Bonchev–Trinajstić information content (AvgIpc) is 2.70. The van der Waals surface area contributed by atoms with Crippen molar-refractivity contribution in [2.45, 2.75) is 103 Å². The van der Waals surface area contributed by atoms with E-state index in [9.17, 15) is 15.0 Å². The molecule has 1 aromatic rings. The Morgan fingerprint density at radius 2 is 1.41 bits per heavy atom. The van der Waals surface area contributed by atoms with Gasteiger partial charge < -0.3 is 15.9 Å². The van der Waals surface area contributed by atoms with Gasteiger partial charge in [0.05, 0.1) is 5.92 Å². The fourth-order valence-electron chi connectivity index (χ4n) is 3.65. The molecule has 4 nitrogen and oxygen atoms in total. The first kappa shape index (κ1) is 25.1. The Morgan fingerprint density at radius 3 is 1.97 bits per heavy atom. The van der Waals surface area contributed by atoms with Crippen LogP contribution in [0.1, 0.15) is 108 Å². The van der Waals surface area contributed by atoms with Crippen molar-refractivity contribution in [2.24, 2.45) is 5.73 Å². The van der Waals surface area contributed by atoms with Gasteiger partial charge >= 0.3 is 0 Å². The number of phenols is 2. The lowest BCUT2D eigenvalue weighted by Crippen LogP contribution is -2.21. The van der Waals surface area contributed by atoms with Gasteiger partial charge in [0, 0.05) is 0 Å². The van der Waals surface area contributed by atoms with Crippen molar-refractivity contribution in [2.75, 3.05) is 0 Å². The lowest BCUT2D eigenvalue weighted by atomic mass is 9.92. The fraction of sp³-hybridized carbons (Fsp3) is 0.640. The summed E-state index contributed by atoms with van der Waals surface area (Å²) in [5, 5.41) is 19.0. The molecular formula is C25H41NO3. The van der Waals surface area contributed by atoms with Crippen LogP contribution in [0.3, 0.4) is 0 Å². The monoisotopic (exact) mass is 403 g/mol. The highest BCUT2D eigenvalue weighted by molar-refractivity contribution is 5.82. The predicted molar refractivity (Wildman–Crippen MR) is 121 cm³/mol. The molecule has 0 spiro atoms. The van der Waals surface area contributed by atoms with Crippen molar-refractivity contribution in [3.63, 3.8) is 0 Å². The van der Waals surface area contributed by atoms with E-state index in [2.05, 4.69) is 19.1 Å². The standard InChI is InChI=1S/C25H41NO3/c1-2-3-4-5-6-7-8-9-10-11-12-13-14-15-16-17-22(25(26)29)21-18-19-23(27)24(28)20-21/h9-10,18-20,22,27-28H,2-8,11-17H2,1H3,(H2,26,29). The third-order valence-corrected chi connectivity index (χ3v) is 5.50. The first-order valence-electron chi connectivity index (χ1n) is 11.5. The molecule has 4 N–H and O–H groups in total. The highest BCUT2D eigenvalue weighted by Crippen LogP contribution is 2.31. The third-order valence-electron chi connectivity index (χ3n) is 5.50. The molecule has 0 heterocycles. The number of allylic oxidation sites excluding steroid dienone is 2. The van der Waals surface area contributed by atoms with Gasteiger partial charge in [-0.1, -0.05) is 82.9 Å². The molecule has 1 atom stereocenters. The lowest BCUT2D eigenvalue weighted by molar-refractivity contribution is -0.119. The van der Waals surface area contributed by atoms with Gasteiger partial charge in [-0.25, -0.2) is 0 Å². The number of primary amides is 1. The van der Waals surface area contributed by atoms with E-state index in [0.717, 1.165) is 25.7 Å². The number of benzene rings is 1. The van der Waals surface area contributed by atoms with Crippen LogP contribution in [-0.2, 0) is 4.79 Å². The van der Waals surface area contributed by atoms with Crippen LogP contribution < -0.4 is 5.73 Å². The largest absolute Gasteiger partial charge is 0.504 e. The zero-order valence-corrected chi connectivity index (χ0v) is 18.2. The van der Waals surface area contributed by atoms with Crippen LogP contribution >= 0.6 is 0 Å². The molecule has 0 fully saturated rings. The van der Waals surface area contributed by atoms with Crippen LogP contribution in [0.2, 0.25) is 0 Å². The van der Waals surface area contributed by atoms with Crippen molar-refractivity contribution >= 4 is 5.91 Å². The molecule has 0 radical (unpaired) electrons. The number of aromatic hydroxyl groups is 2. The van der Waals surface area contributed by atoms with Crippen LogP contribution in [0, 0.1) is 0 Å². The summed E-state index contributed by atoms with van der Waals surface area (Å²) in [7, 11) is 0. The van der Waals surface area contributed by atoms with E-state index in [1.165, 1.54) is 69.9 Å². The topological polar surface area (TPSA) is 83.6 Å². The van der Waals surface area contributed by atoms with E-state index in [1.54, 1.807) is 6.07 Å². The van der Waals surface area contributed by atoms with Crippen molar-refractivity contribution in [1.82, 2.24) is 0 Å². The smallest absolute Gasteiger partial charge is 0.224 e. The van der Waals surface area contributed by atoms with Gasteiger partial charge in [0.2, 0.25) is 5.91 Å². The van der Waals surface area contributed by atoms with Crippen LogP contribution in [0.15, 0.2) is 30.4 Å². The molecule has 164 valence electrons. The Kier molecular flexibility index (Phi) is 13.7. The molecule has 4 heteroatoms. The van der Waals surface area contributed by atoms with Gasteiger partial charge in [0.25, 0.3) is 0 Å². The number of unbranched alkanes of at least 4 members (excludes halogenated alkanes) is 11. The van der Waals surface area contributed by atoms with Crippen LogP contribution in [0.25, 0.3) is 0 Å². The normalized spacial score (nSPS) is 12.4. The number of phenolic OH excluding ortho intramolecular Hbond substituents is 2. The molecule has 0 saturated carbocycles. The fourth-order valence-corrected chi connectivity index (χ4v) is 3.65. The Morgan fingerprint density at radius 1 is 0.862 bits per heavy atom. The SMILES string of the molecule is CCCCCCCCC=CCCCCCCCC(C(N)=O)c1ccc(O)c(O)c1. The molecule has 29 heavy (non-hydrogen) atoms. The Balaban J connectivity index is 2.07. The van der Waals surface area contributed by atoms with Crippen LogP contribution in [-0.4, -0.2) is 16.1 Å². The zero-order chi connectivity index (χ0) is 21.3. The number of nitrogens with two attached hydrogens (primary N) is 1. The maximum Gasteiger partial charge on any atom is 0.224 e. The van der Waals surface area contributed by atoms with Crippen molar-refractivity contribution in [1.29, 1.82) is 0 Å². The molecule has 1 unspecified atom stereocenters. The average molecular weight is 404 g/mol. The van der Waals surface area contributed by atoms with Crippen molar-refractivity contribution < 1.29 is 15.0 Å². The molecule has 0 saturated heterocycles. The summed E-state index contributed by atoms with van der Waals surface area (Å²) in [6, 6.07) is 4.49. The van der Waals surface area contributed by atoms with E-state index >= 15 is 0 Å². The molecule has 1 amide bonds. The van der Waals surface area contributed by atoms with E-state index in [-0.39, 0.29) is 17.4 Å². The number of amides is 1. The second kappa shape index (κ2) is 15.9. The van der Waals surface area contributed by atoms with E-state index < -0.39 is 5.92 Å². The van der Waals surface area contributed by atoms with Crippen molar-refractivity contribution in [3.8, 4) is 11.5 Å². The highest BCUT2D eigenvalue weighted by atomic mass is 16.3. The summed E-state index contributed by atoms with van der Waals surface area (Å²) in [5.74, 6) is -1.19. The first-order valence-corrected chi connectivity index (χ1v) is 11.5. The van der Waals surface area contributed by atoms with Gasteiger partial charge in [-0.05, 0) is 49.8 Å². The van der Waals surface area contributed by atoms with E-state index in [4.69, 9.17) is 5.73 Å². The van der Waals surface area contributed by atoms with Crippen LogP contribution in [0.4, 0.5) is 0 Å². The minimum absolute atomic E-state index is 0.182. The lowest BCUT2D eigenvalue weighted by Gasteiger charge is -2.14. The van der Waals surface area contributed by atoms with Gasteiger partial charge in [-0.2, -0.15) is 0 Å². The number of hydrogen-bond acceptors (Lipinski definition) is 3. The highest BCUT2D eigenvalue weighted by Gasteiger charge is 2.18. The minimum Gasteiger partial charge on any atom is -0.504 e. The van der Waals surface area contributed by atoms with Gasteiger partial charge in [-0.3, -0.25) is 4.79 Å². The Hall–Kier alpha value is -1.97. The number of hydrogen-bond donors (Lipinski definition) is 3. The summed E-state index contributed by atoms with van der Waals surface area (Å²) in [4.78, 5) is 11.7. The Bertz CT molecular complexity index is 598. The number of carbonyl (C=O) groups excluding carboxylic acids is 1. The summed E-state index contributed by atoms with van der Waals surface area (Å²) in [6.45, 7) is 2.25. The van der Waals surface area contributed by atoms with E-state index in [0.29, 0.717) is 12.0 Å². The molecule has 1 aromatic carbocycles. The molecule has 0 aliphatic rings. The van der Waals surface area contributed by atoms with Gasteiger partial charge in [-0.15, -0.1) is 0 Å². The van der Waals surface area contributed by atoms with Crippen molar-refractivity contribution in [3.05, 3.63) is 35.9 Å². The number of rotatable bonds is 17. The summed E-state index contributed by atoms with van der Waals surface area (Å²) in [5.41, 5.74) is 6.20. The molecule has 0 bridgehead atoms. The summed E-state index contributed by atoms with van der Waals surface area (Å²) >= 11 is 0. The summed E-state index contributed by atoms with van der Waals surface area (Å²) < 4.78 is 0. The molecule has 0 aromatic heterocycles. The first-order chi connectivity index (χ1) is 14.1. The van der Waals surface area contributed by atoms with E-state index in [1.807, 2.05) is 0 Å². The summed E-state index contributed by atoms with van der Waals surface area (Å²) in [6.07, 6.45) is 21.5. The zero-order valence-electron chi connectivity index (χ0n) is 18.2. The predicted octanol–water partition coefficient (Wildman–Crippen LogP) is 6.70. The molecule has 0 aliphatic heterocycles. The Labute approximate surface area is 177 Å². The minimum atomic E-state index is -0.411. The maximum atomic E-state index is 11.7. The molecule has 1 rings (SSSR count). The quantitative estimate of drug-likeness (QED) is 0.154.